The van der Waals surface area contributed by atoms with Gasteiger partial charge in [-0.2, -0.15) is 0 Å². The molecule has 0 spiro atoms. The van der Waals surface area contributed by atoms with Crippen LogP contribution in [0.1, 0.15) is 50.4 Å². The van der Waals surface area contributed by atoms with Gasteiger partial charge in [0.15, 0.2) is 5.11 Å². The molecule has 0 fully saturated rings. The van der Waals surface area contributed by atoms with E-state index in [9.17, 15) is 4.79 Å². The van der Waals surface area contributed by atoms with Gasteiger partial charge in [-0.25, -0.2) is 0 Å². The van der Waals surface area contributed by atoms with Gasteiger partial charge in [-0.1, -0.05) is 33.3 Å². The van der Waals surface area contributed by atoms with Crippen LogP contribution in [0.3, 0.4) is 0 Å². The summed E-state index contributed by atoms with van der Waals surface area (Å²) >= 11 is 5.26. The monoisotopic (exact) mass is 414 g/mol. The van der Waals surface area contributed by atoms with Crippen LogP contribution in [0.15, 0.2) is 48.5 Å². The predicted octanol–water partition coefficient (Wildman–Crippen LogP) is 5.42. The van der Waals surface area contributed by atoms with Crippen molar-refractivity contribution in [1.29, 1.82) is 0 Å². The van der Waals surface area contributed by atoms with E-state index in [-0.39, 0.29) is 11.0 Å². The second-order valence-corrected chi connectivity index (χ2v) is 7.60. The summed E-state index contributed by atoms with van der Waals surface area (Å²) in [4.78, 5) is 12.4. The molecule has 0 unspecified atom stereocenters. The van der Waals surface area contributed by atoms with Gasteiger partial charge in [0.05, 0.1) is 13.2 Å². The molecule has 0 aliphatic rings. The Kier molecular flexibility index (Phi) is 9.44. The van der Waals surface area contributed by atoms with Crippen molar-refractivity contribution in [3.8, 4) is 11.5 Å². The third kappa shape index (κ3) is 8.52. The summed E-state index contributed by atoms with van der Waals surface area (Å²) in [5, 5.41) is 5.95. The van der Waals surface area contributed by atoms with Gasteiger partial charge >= 0.3 is 0 Å². The van der Waals surface area contributed by atoms with Gasteiger partial charge in [-0.05, 0) is 67.4 Å². The molecular formula is C23H30N2O3S. The van der Waals surface area contributed by atoms with Gasteiger partial charge in [-0.3, -0.25) is 10.1 Å². The van der Waals surface area contributed by atoms with Gasteiger partial charge in [0, 0.05) is 17.3 Å². The molecule has 6 heteroatoms. The maximum absolute atomic E-state index is 12.4. The molecule has 2 rings (SSSR count). The molecule has 29 heavy (non-hydrogen) atoms. The van der Waals surface area contributed by atoms with Crippen LogP contribution in [-0.4, -0.2) is 24.2 Å². The zero-order chi connectivity index (χ0) is 21.1. The van der Waals surface area contributed by atoms with E-state index in [1.54, 1.807) is 24.3 Å². The Morgan fingerprint density at radius 1 is 1.03 bits per heavy atom. The molecule has 156 valence electrons. The summed E-state index contributed by atoms with van der Waals surface area (Å²) in [7, 11) is 0. The van der Waals surface area contributed by atoms with Crippen LogP contribution in [0.4, 0.5) is 5.69 Å². The van der Waals surface area contributed by atoms with Crippen LogP contribution in [0.2, 0.25) is 0 Å². The van der Waals surface area contributed by atoms with Crippen molar-refractivity contribution in [2.45, 2.75) is 40.0 Å². The molecular weight excluding hydrogens is 384 g/mol. The van der Waals surface area contributed by atoms with Gasteiger partial charge in [0.25, 0.3) is 5.91 Å². The molecule has 2 aromatic carbocycles. The van der Waals surface area contributed by atoms with Crippen molar-refractivity contribution in [3.05, 3.63) is 54.1 Å². The second kappa shape index (κ2) is 12.1. The first-order valence-electron chi connectivity index (χ1n) is 10.1. The fourth-order valence-electron chi connectivity index (χ4n) is 2.45. The number of carbonyl (C=O) groups is 1. The van der Waals surface area contributed by atoms with E-state index in [1.165, 1.54) is 0 Å². The molecule has 0 heterocycles. The smallest absolute Gasteiger partial charge is 0.257 e. The first-order chi connectivity index (χ1) is 14.0. The lowest BCUT2D eigenvalue weighted by molar-refractivity contribution is 0.0977. The van der Waals surface area contributed by atoms with Crippen LogP contribution in [0, 0.1) is 5.92 Å². The standard InChI is InChI=1S/C23H30N2O3S/c1-4-5-14-27-21-8-6-7-19(16-21)24-23(29)25-22(26)18-9-11-20(12-10-18)28-15-13-17(2)3/h6-12,16-17H,4-5,13-15H2,1-3H3,(H2,24,25,26,29). The third-order valence-electron chi connectivity index (χ3n) is 4.17. The molecule has 2 N–H and O–H groups in total. The zero-order valence-corrected chi connectivity index (χ0v) is 18.2. The fraction of sp³-hybridized carbons (Fsp3) is 0.391. The first-order valence-corrected chi connectivity index (χ1v) is 10.5. The quantitative estimate of drug-likeness (QED) is 0.402. The Hall–Kier alpha value is -2.60. The molecule has 0 aliphatic carbocycles. The van der Waals surface area contributed by atoms with Gasteiger partial charge in [0.2, 0.25) is 0 Å². The number of thiocarbonyl (C=S) groups is 1. The fourth-order valence-corrected chi connectivity index (χ4v) is 2.66. The molecule has 0 saturated carbocycles. The highest BCUT2D eigenvalue weighted by atomic mass is 32.1. The topological polar surface area (TPSA) is 59.6 Å². The maximum atomic E-state index is 12.4. The lowest BCUT2D eigenvalue weighted by Gasteiger charge is -2.12. The number of hydrogen-bond acceptors (Lipinski definition) is 4. The van der Waals surface area contributed by atoms with Crippen LogP contribution in [0.5, 0.6) is 11.5 Å². The zero-order valence-electron chi connectivity index (χ0n) is 17.4. The number of carbonyl (C=O) groups excluding carboxylic acids is 1. The Morgan fingerprint density at radius 3 is 2.45 bits per heavy atom. The molecule has 1 amide bonds. The average molecular weight is 415 g/mol. The van der Waals surface area contributed by atoms with E-state index in [2.05, 4.69) is 31.4 Å². The summed E-state index contributed by atoms with van der Waals surface area (Å²) in [6.07, 6.45) is 3.08. The molecule has 0 aliphatic heterocycles. The molecule has 0 aromatic heterocycles. The normalized spacial score (nSPS) is 10.5. The minimum Gasteiger partial charge on any atom is -0.494 e. The number of hydrogen-bond donors (Lipinski definition) is 2. The number of unbranched alkanes of at least 4 members (excludes halogenated alkanes) is 1. The highest BCUT2D eigenvalue weighted by Gasteiger charge is 2.09. The molecule has 0 saturated heterocycles. The molecule has 2 aromatic rings. The Morgan fingerprint density at radius 2 is 1.76 bits per heavy atom. The third-order valence-corrected chi connectivity index (χ3v) is 4.37. The van der Waals surface area contributed by atoms with Crippen molar-refractivity contribution in [2.75, 3.05) is 18.5 Å². The van der Waals surface area contributed by atoms with Crippen LogP contribution < -0.4 is 20.1 Å². The summed E-state index contributed by atoms with van der Waals surface area (Å²) < 4.78 is 11.4. The van der Waals surface area contributed by atoms with Crippen molar-refractivity contribution < 1.29 is 14.3 Å². The van der Waals surface area contributed by atoms with Crippen molar-refractivity contribution in [3.63, 3.8) is 0 Å². The van der Waals surface area contributed by atoms with Crippen LogP contribution in [0.25, 0.3) is 0 Å². The largest absolute Gasteiger partial charge is 0.494 e. The minimum atomic E-state index is -0.272. The number of anilines is 1. The number of benzene rings is 2. The Balaban J connectivity index is 1.84. The van der Waals surface area contributed by atoms with Gasteiger partial charge in [0.1, 0.15) is 11.5 Å². The summed E-state index contributed by atoms with van der Waals surface area (Å²) in [6.45, 7) is 7.78. The maximum Gasteiger partial charge on any atom is 0.257 e. The van der Waals surface area contributed by atoms with E-state index in [0.717, 1.165) is 36.4 Å². The van der Waals surface area contributed by atoms with E-state index >= 15 is 0 Å². The number of rotatable bonds is 10. The summed E-state index contributed by atoms with van der Waals surface area (Å²) in [6, 6.07) is 14.5. The average Bonchev–Trinajstić information content (AvgIpc) is 2.68. The Labute approximate surface area is 178 Å². The predicted molar refractivity (Wildman–Crippen MR) is 122 cm³/mol. The SMILES string of the molecule is CCCCOc1cccc(NC(=S)NC(=O)c2ccc(OCCC(C)C)cc2)c1. The molecule has 0 radical (unpaired) electrons. The Bertz CT molecular complexity index is 791. The minimum absolute atomic E-state index is 0.234. The molecule has 0 atom stereocenters. The lowest BCUT2D eigenvalue weighted by atomic mass is 10.1. The van der Waals surface area contributed by atoms with E-state index < -0.39 is 0 Å². The van der Waals surface area contributed by atoms with E-state index in [0.29, 0.717) is 24.7 Å². The number of ether oxygens (including phenoxy) is 2. The number of nitrogens with one attached hydrogen (secondary N) is 2. The summed E-state index contributed by atoms with van der Waals surface area (Å²) in [5.74, 6) is 1.84. The molecule has 5 nitrogen and oxygen atoms in total. The van der Waals surface area contributed by atoms with Gasteiger partial charge in [-0.15, -0.1) is 0 Å². The highest BCUT2D eigenvalue weighted by Crippen LogP contribution is 2.18. The van der Waals surface area contributed by atoms with Gasteiger partial charge < -0.3 is 14.8 Å². The highest BCUT2D eigenvalue weighted by molar-refractivity contribution is 7.80. The molecule has 0 bridgehead atoms. The lowest BCUT2D eigenvalue weighted by Crippen LogP contribution is -2.34. The van der Waals surface area contributed by atoms with Crippen molar-refractivity contribution in [2.24, 2.45) is 5.92 Å². The second-order valence-electron chi connectivity index (χ2n) is 7.19. The summed E-state index contributed by atoms with van der Waals surface area (Å²) in [5.41, 5.74) is 1.28. The first kappa shape index (κ1) is 22.7. The number of amides is 1. The van der Waals surface area contributed by atoms with E-state index in [4.69, 9.17) is 21.7 Å². The van der Waals surface area contributed by atoms with Crippen LogP contribution in [-0.2, 0) is 0 Å². The van der Waals surface area contributed by atoms with Crippen LogP contribution >= 0.6 is 12.2 Å². The van der Waals surface area contributed by atoms with Crippen molar-refractivity contribution in [1.82, 2.24) is 5.32 Å². The van der Waals surface area contributed by atoms with E-state index in [1.807, 2.05) is 24.3 Å². The van der Waals surface area contributed by atoms with Crippen molar-refractivity contribution >= 4 is 28.9 Å².